The van der Waals surface area contributed by atoms with Crippen LogP contribution in [0, 0.1) is 6.92 Å². The van der Waals surface area contributed by atoms with Crippen LogP contribution in [0.1, 0.15) is 16.7 Å². The Kier molecular flexibility index (Phi) is 4.48. The van der Waals surface area contributed by atoms with E-state index in [4.69, 9.17) is 0 Å². The van der Waals surface area contributed by atoms with Gasteiger partial charge in [0.25, 0.3) is 0 Å². The topological polar surface area (TPSA) is 41.5 Å². The maximum Gasteiger partial charge on any atom is 0.244 e. The van der Waals surface area contributed by atoms with Gasteiger partial charge in [0.2, 0.25) is 5.91 Å². The Morgan fingerprint density at radius 3 is 2.57 bits per heavy atom. The number of hydrogen-bond donors (Lipinski definition) is 1. The van der Waals surface area contributed by atoms with Crippen LogP contribution in [0.3, 0.4) is 0 Å². The first-order chi connectivity index (χ1) is 11.2. The van der Waals surface area contributed by atoms with Gasteiger partial charge < -0.3 is 0 Å². The van der Waals surface area contributed by atoms with E-state index in [1.165, 1.54) is 5.56 Å². The fourth-order valence-electron chi connectivity index (χ4n) is 2.49. The highest BCUT2D eigenvalue weighted by Gasteiger charge is 2.05. The van der Waals surface area contributed by atoms with Crippen molar-refractivity contribution in [3.05, 3.63) is 83.4 Å². The number of nitrogens with zero attached hydrogens (tertiary/aromatic N) is 1. The van der Waals surface area contributed by atoms with Crippen LogP contribution in [0.15, 0.2) is 71.8 Å². The molecule has 0 aromatic heterocycles. The summed E-state index contributed by atoms with van der Waals surface area (Å²) in [6.07, 6.45) is 1.97. The molecule has 0 aliphatic rings. The fraction of sp³-hybridized carbons (Fsp3) is 0.100. The molecule has 3 aromatic rings. The Labute approximate surface area is 135 Å². The molecule has 23 heavy (non-hydrogen) atoms. The fourth-order valence-corrected chi connectivity index (χ4v) is 2.49. The molecule has 0 aliphatic carbocycles. The Balaban J connectivity index is 1.66. The van der Waals surface area contributed by atoms with Crippen LogP contribution < -0.4 is 5.43 Å². The lowest BCUT2D eigenvalue weighted by atomic mass is 10.0. The maximum atomic E-state index is 12.1. The number of aryl methyl sites for hydroxylation is 1. The third-order valence-corrected chi connectivity index (χ3v) is 3.71. The summed E-state index contributed by atoms with van der Waals surface area (Å²) in [4.78, 5) is 12.1. The highest BCUT2D eigenvalue weighted by Crippen LogP contribution is 2.18. The van der Waals surface area contributed by atoms with E-state index < -0.39 is 0 Å². The number of benzene rings is 3. The lowest BCUT2D eigenvalue weighted by Gasteiger charge is -2.05. The molecule has 0 saturated heterocycles. The second kappa shape index (κ2) is 6.88. The van der Waals surface area contributed by atoms with Crippen LogP contribution in [0.2, 0.25) is 0 Å². The van der Waals surface area contributed by atoms with E-state index in [9.17, 15) is 4.79 Å². The molecular formula is C20H18N2O. The van der Waals surface area contributed by atoms with Crippen molar-refractivity contribution in [1.29, 1.82) is 0 Å². The molecule has 1 N–H and O–H groups in total. The van der Waals surface area contributed by atoms with Gasteiger partial charge in [-0.15, -0.1) is 0 Å². The van der Waals surface area contributed by atoms with Crippen LogP contribution in [-0.2, 0) is 11.2 Å². The number of nitrogens with one attached hydrogen (secondary N) is 1. The molecule has 0 saturated carbocycles. The van der Waals surface area contributed by atoms with Gasteiger partial charge in [0.05, 0.1) is 12.6 Å². The SMILES string of the molecule is Cc1ccc(/C=N\NC(=O)Cc2cccc3ccccc23)cc1. The molecule has 0 radical (unpaired) electrons. The van der Waals surface area contributed by atoms with Gasteiger partial charge in [0, 0.05) is 0 Å². The summed E-state index contributed by atoms with van der Waals surface area (Å²) >= 11 is 0. The quantitative estimate of drug-likeness (QED) is 0.577. The molecule has 0 heterocycles. The minimum Gasteiger partial charge on any atom is -0.273 e. The molecule has 1 amide bonds. The van der Waals surface area contributed by atoms with Crippen molar-refractivity contribution >= 4 is 22.9 Å². The number of carbonyl (C=O) groups excluding carboxylic acids is 1. The third-order valence-electron chi connectivity index (χ3n) is 3.71. The first-order valence-corrected chi connectivity index (χ1v) is 7.57. The molecule has 3 nitrogen and oxygen atoms in total. The second-order valence-electron chi connectivity index (χ2n) is 5.52. The van der Waals surface area contributed by atoms with E-state index in [0.29, 0.717) is 6.42 Å². The number of hydrogen-bond acceptors (Lipinski definition) is 2. The standard InChI is InChI=1S/C20H18N2O/c1-15-9-11-16(12-10-15)14-21-22-20(23)13-18-7-4-6-17-5-2-3-8-19(17)18/h2-12,14H,13H2,1H3,(H,22,23)/b21-14-. The van der Waals surface area contributed by atoms with Crippen LogP contribution in [0.25, 0.3) is 10.8 Å². The maximum absolute atomic E-state index is 12.1. The van der Waals surface area contributed by atoms with Crippen molar-refractivity contribution in [1.82, 2.24) is 5.43 Å². The molecule has 3 aromatic carbocycles. The van der Waals surface area contributed by atoms with Crippen molar-refractivity contribution < 1.29 is 4.79 Å². The van der Waals surface area contributed by atoms with E-state index in [0.717, 1.165) is 21.9 Å². The summed E-state index contributed by atoms with van der Waals surface area (Å²) < 4.78 is 0. The molecule has 0 bridgehead atoms. The number of rotatable bonds is 4. The van der Waals surface area contributed by atoms with E-state index >= 15 is 0 Å². The highest BCUT2D eigenvalue weighted by atomic mass is 16.2. The van der Waals surface area contributed by atoms with Crippen molar-refractivity contribution in [2.45, 2.75) is 13.3 Å². The van der Waals surface area contributed by atoms with Crippen molar-refractivity contribution in [3.63, 3.8) is 0 Å². The zero-order valence-electron chi connectivity index (χ0n) is 13.0. The minimum absolute atomic E-state index is 0.121. The predicted molar refractivity (Wildman–Crippen MR) is 94.6 cm³/mol. The number of fused-ring (bicyclic) bond motifs is 1. The monoisotopic (exact) mass is 302 g/mol. The van der Waals surface area contributed by atoms with Gasteiger partial charge in [0.15, 0.2) is 0 Å². The van der Waals surface area contributed by atoms with Crippen LogP contribution >= 0.6 is 0 Å². The summed E-state index contributed by atoms with van der Waals surface area (Å²) in [5.41, 5.74) is 5.75. The second-order valence-corrected chi connectivity index (χ2v) is 5.52. The normalized spacial score (nSPS) is 11.0. The smallest absolute Gasteiger partial charge is 0.244 e. The summed E-state index contributed by atoms with van der Waals surface area (Å²) in [6, 6.07) is 22.0. The lowest BCUT2D eigenvalue weighted by molar-refractivity contribution is -0.120. The first kappa shape index (κ1) is 15.0. The Hall–Kier alpha value is -2.94. The average Bonchev–Trinajstić information content (AvgIpc) is 2.57. The minimum atomic E-state index is -0.121. The lowest BCUT2D eigenvalue weighted by Crippen LogP contribution is -2.19. The van der Waals surface area contributed by atoms with Crippen LogP contribution in [-0.4, -0.2) is 12.1 Å². The highest BCUT2D eigenvalue weighted by molar-refractivity contribution is 5.90. The molecule has 0 aliphatic heterocycles. The van der Waals surface area contributed by atoms with Gasteiger partial charge in [-0.1, -0.05) is 72.3 Å². The van der Waals surface area contributed by atoms with Crippen LogP contribution in [0.4, 0.5) is 0 Å². The van der Waals surface area contributed by atoms with E-state index in [2.05, 4.69) is 10.5 Å². The number of amides is 1. The molecule has 3 rings (SSSR count). The predicted octanol–water partition coefficient (Wildman–Crippen LogP) is 3.84. The van der Waals surface area contributed by atoms with Crippen molar-refractivity contribution in [2.24, 2.45) is 5.10 Å². The van der Waals surface area contributed by atoms with Gasteiger partial charge in [-0.25, -0.2) is 5.43 Å². The van der Waals surface area contributed by atoms with Crippen LogP contribution in [0.5, 0.6) is 0 Å². The third kappa shape index (κ3) is 3.83. The zero-order chi connectivity index (χ0) is 16.1. The van der Waals surface area contributed by atoms with Crippen molar-refractivity contribution in [2.75, 3.05) is 0 Å². The van der Waals surface area contributed by atoms with E-state index in [-0.39, 0.29) is 5.91 Å². The van der Waals surface area contributed by atoms with Gasteiger partial charge in [0.1, 0.15) is 0 Å². The Bertz CT molecular complexity index is 846. The van der Waals surface area contributed by atoms with Gasteiger partial charge in [-0.3, -0.25) is 4.79 Å². The summed E-state index contributed by atoms with van der Waals surface area (Å²) in [6.45, 7) is 2.03. The number of carbonyl (C=O) groups is 1. The Morgan fingerprint density at radius 1 is 1.00 bits per heavy atom. The largest absolute Gasteiger partial charge is 0.273 e. The number of hydrazone groups is 1. The van der Waals surface area contributed by atoms with Gasteiger partial charge in [-0.05, 0) is 28.8 Å². The summed E-state index contributed by atoms with van der Waals surface area (Å²) in [5.74, 6) is -0.121. The average molecular weight is 302 g/mol. The molecule has 0 fully saturated rings. The Morgan fingerprint density at radius 2 is 1.74 bits per heavy atom. The molecule has 114 valence electrons. The molecular weight excluding hydrogens is 284 g/mol. The van der Waals surface area contributed by atoms with Crippen molar-refractivity contribution in [3.8, 4) is 0 Å². The zero-order valence-corrected chi connectivity index (χ0v) is 13.0. The van der Waals surface area contributed by atoms with E-state index in [1.54, 1.807) is 6.21 Å². The molecule has 0 unspecified atom stereocenters. The van der Waals surface area contributed by atoms with Gasteiger partial charge in [-0.2, -0.15) is 5.10 Å². The molecule has 0 atom stereocenters. The summed E-state index contributed by atoms with van der Waals surface area (Å²) in [5, 5.41) is 6.27. The van der Waals surface area contributed by atoms with Gasteiger partial charge >= 0.3 is 0 Å². The molecule has 3 heteroatoms. The molecule has 0 spiro atoms. The summed E-state index contributed by atoms with van der Waals surface area (Å²) in [7, 11) is 0. The first-order valence-electron chi connectivity index (χ1n) is 7.57. The van der Waals surface area contributed by atoms with E-state index in [1.807, 2.05) is 73.7 Å².